The summed E-state index contributed by atoms with van der Waals surface area (Å²) in [7, 11) is 0. The van der Waals surface area contributed by atoms with Gasteiger partial charge in [0.2, 0.25) is 0 Å². The predicted molar refractivity (Wildman–Crippen MR) is 390 cm³/mol. The molecule has 528 valence electrons. The van der Waals surface area contributed by atoms with Gasteiger partial charge in [0, 0.05) is 98.9 Å². The molecule has 15 rings (SSSR count). The molecule has 0 aliphatic heterocycles. The second-order valence-corrected chi connectivity index (χ2v) is 29.0. The third-order valence-electron chi connectivity index (χ3n) is 21.0. The quantitative estimate of drug-likeness (QED) is 0.0818. The average molecular weight is 1420 g/mol. The fourth-order valence-corrected chi connectivity index (χ4v) is 18.1. The lowest BCUT2D eigenvalue weighted by Crippen LogP contribution is -2.44. The van der Waals surface area contributed by atoms with Crippen LogP contribution in [0.25, 0.3) is 51.6 Å². The van der Waals surface area contributed by atoms with Gasteiger partial charge in [0.05, 0.1) is 42.6 Å². The zero-order valence-corrected chi connectivity index (χ0v) is 59.0. The molecule has 21 heteroatoms. The van der Waals surface area contributed by atoms with E-state index in [-0.39, 0.29) is 59.8 Å². The van der Waals surface area contributed by atoms with Crippen molar-refractivity contribution < 1.29 is 46.3 Å². The zero-order chi connectivity index (χ0) is 70.5. The maximum Gasteiger partial charge on any atom is 0.407 e. The first-order chi connectivity index (χ1) is 49.8. The van der Waals surface area contributed by atoms with Crippen molar-refractivity contribution in [2.24, 2.45) is 35.5 Å². The van der Waals surface area contributed by atoms with E-state index in [4.69, 9.17) is 18.7 Å². The van der Waals surface area contributed by atoms with Crippen LogP contribution in [0.1, 0.15) is 146 Å². The molecule has 0 unspecified atom stereocenters. The number of nitrogens with zero attached hydrogens (tertiary/aromatic N) is 6. The predicted octanol–water partition coefficient (Wildman–Crippen LogP) is 18.2. The molecule has 3 saturated carbocycles. The van der Waals surface area contributed by atoms with Gasteiger partial charge in [-0.05, 0) is 257 Å². The van der Waals surface area contributed by atoms with Crippen molar-refractivity contribution in [3.05, 3.63) is 231 Å². The third kappa shape index (κ3) is 17.5. The summed E-state index contributed by atoms with van der Waals surface area (Å²) in [4.78, 5) is 52.2. The number of pyridine rings is 3. The van der Waals surface area contributed by atoms with Crippen molar-refractivity contribution in [3.63, 3.8) is 0 Å². The van der Waals surface area contributed by atoms with E-state index in [0.29, 0.717) is 67.2 Å². The number of hydrogen-bond acceptors (Lipinski definition) is 15. The molecular formula is C81H84F3N9O7S2. The highest BCUT2D eigenvalue weighted by Crippen LogP contribution is 2.51. The highest BCUT2D eigenvalue weighted by atomic mass is 32.1. The van der Waals surface area contributed by atoms with Gasteiger partial charge in [0.15, 0.2) is 0 Å². The normalized spacial score (nSPS) is 23.8. The van der Waals surface area contributed by atoms with E-state index in [1.807, 2.05) is 93.8 Å². The number of aromatic nitrogens is 6. The minimum atomic E-state index is -0.340. The van der Waals surface area contributed by atoms with Crippen LogP contribution in [0.4, 0.5) is 27.6 Å². The number of carbonyl (C=O) groups excluding carboxylic acids is 3. The van der Waals surface area contributed by atoms with E-state index in [1.54, 1.807) is 66.1 Å². The van der Waals surface area contributed by atoms with Crippen LogP contribution in [-0.4, -0.2) is 85.1 Å². The molecule has 102 heavy (non-hydrogen) atoms. The Labute approximate surface area is 601 Å². The average Bonchev–Trinajstić information content (AvgIpc) is 1.29. The van der Waals surface area contributed by atoms with E-state index in [9.17, 15) is 27.6 Å². The Morgan fingerprint density at radius 1 is 0.480 bits per heavy atom. The lowest BCUT2D eigenvalue weighted by atomic mass is 9.64. The lowest BCUT2D eigenvalue weighted by molar-refractivity contribution is 0.128. The van der Waals surface area contributed by atoms with Crippen molar-refractivity contribution in [1.29, 1.82) is 0 Å². The summed E-state index contributed by atoms with van der Waals surface area (Å²) in [5.74, 6) is 2.94. The fraction of sp³-hybridized carbons (Fsp3) is 0.370. The number of allylic oxidation sites excluding steroid dienone is 3. The standard InChI is InChI=1S/C27H28FN3O3.2C27H28FN3O2S/c1-2-33-27(32)30-22-9-10-23-19(13-22)14-26-25(16-34-31-26)24(23)11-8-21-7-6-18(15-29-21)17-4-3-5-20(28)12-17;1-2-33-27(32)31-23-9-10-24-19(14-23)12-20-16-30-34-26(20)25(24)11-8-22-7-6-18(15-29-22)17-4-3-5-21(28)13-17;1-2-33-27(32)31-22-9-10-23-19(13-22)14-26-25(16-30-34-26)24(23)11-8-21-7-6-18(15-29-21)17-4-3-5-20(28)12-17/h3-8,11-12,15-16,19,22-24H,2,9-10,13-14H2,1H3,(H,30,32);3-8,11,13,15-16,19,23-25H,2,9-10,12,14H2,1H3,(H,31,32);3-8,11-12,15-16,19,22-24H,2,9-10,13-14H2,1H3,(H,31,32)/b3*11-8+/t19-,22+,23+,24-;19-,23-,24-,25+;19-,22+,23+,24-/m010/s1. The molecule has 3 fully saturated rings. The molecule has 16 nitrogen and oxygen atoms in total. The molecule has 6 aliphatic rings. The Kier molecular flexibility index (Phi) is 23.2. The maximum atomic E-state index is 13.5. The molecule has 3 aromatic carbocycles. The molecule has 6 heterocycles. The number of benzene rings is 3. The lowest BCUT2D eigenvalue weighted by Gasteiger charge is -2.42. The second kappa shape index (κ2) is 33.5. The summed E-state index contributed by atoms with van der Waals surface area (Å²) in [6.45, 7) is 6.60. The molecule has 6 aromatic heterocycles. The van der Waals surface area contributed by atoms with E-state index in [2.05, 4.69) is 75.2 Å². The maximum absolute atomic E-state index is 13.5. The van der Waals surface area contributed by atoms with E-state index in [1.165, 1.54) is 57.3 Å². The molecule has 0 saturated heterocycles. The number of halogens is 3. The van der Waals surface area contributed by atoms with Crippen LogP contribution in [-0.2, 0) is 33.5 Å². The Hall–Kier alpha value is -9.60. The summed E-state index contributed by atoms with van der Waals surface area (Å²) in [6, 6.07) is 31.9. The molecular weight excluding hydrogens is 1330 g/mol. The molecule has 9 aromatic rings. The number of alkyl carbamates (subject to hydrolysis) is 3. The summed E-state index contributed by atoms with van der Waals surface area (Å²) < 4.78 is 70.2. The molecule has 0 bridgehead atoms. The van der Waals surface area contributed by atoms with Crippen LogP contribution in [0.5, 0.6) is 0 Å². The summed E-state index contributed by atoms with van der Waals surface area (Å²) >= 11 is 3.18. The SMILES string of the molecule is CCOC(=O)N[C@@H]1CC[C@@H]2[C@H](Cc3cnsc3[C@H]2/C=C/c2ccc(-c3cccc(F)c3)cn2)C1.CCOC(=O)N[C@@H]1CC[C@@H]2[C@H](Cc3nocc3[C@H]2/C=C/c2ccc(-c3cccc(F)c3)cn2)C1.CCOC(=O)N[C@@H]1CC[C@@H]2[C@H](Cc3sncc3[C@H]2/C=C/c2ccc(-c3cccc(F)c3)cn2)C1. The number of carbonyl (C=O) groups is 3. The van der Waals surface area contributed by atoms with Crippen molar-refractivity contribution in [3.8, 4) is 33.4 Å². The number of ether oxygens (including phenoxy) is 3. The van der Waals surface area contributed by atoms with E-state index in [0.717, 1.165) is 139 Å². The van der Waals surface area contributed by atoms with Gasteiger partial charge in [0.1, 0.15) is 23.7 Å². The fourth-order valence-electron chi connectivity index (χ4n) is 16.3. The van der Waals surface area contributed by atoms with Crippen LogP contribution in [0, 0.1) is 53.0 Å². The van der Waals surface area contributed by atoms with Gasteiger partial charge >= 0.3 is 18.3 Å². The molecule has 0 spiro atoms. The van der Waals surface area contributed by atoms with E-state index >= 15 is 0 Å². The van der Waals surface area contributed by atoms with Gasteiger partial charge in [-0.1, -0.05) is 78.0 Å². The summed E-state index contributed by atoms with van der Waals surface area (Å²) in [5.41, 5.74) is 12.5. The van der Waals surface area contributed by atoms with Gasteiger partial charge < -0.3 is 34.7 Å². The number of hydrogen-bond donors (Lipinski definition) is 3. The van der Waals surface area contributed by atoms with Gasteiger partial charge in [-0.25, -0.2) is 36.3 Å². The van der Waals surface area contributed by atoms with Crippen LogP contribution >= 0.6 is 23.1 Å². The van der Waals surface area contributed by atoms with Crippen molar-refractivity contribution in [1.82, 2.24) is 44.8 Å². The number of nitrogens with one attached hydrogen (secondary N) is 3. The first-order valence-electron chi connectivity index (χ1n) is 35.6. The largest absolute Gasteiger partial charge is 0.450 e. The Morgan fingerprint density at radius 3 is 1.34 bits per heavy atom. The molecule has 0 radical (unpaired) electrons. The van der Waals surface area contributed by atoms with Crippen molar-refractivity contribution in [2.45, 2.75) is 134 Å². The van der Waals surface area contributed by atoms with Crippen LogP contribution in [0.2, 0.25) is 0 Å². The monoisotopic (exact) mass is 1420 g/mol. The molecule has 3 amide bonds. The van der Waals surface area contributed by atoms with Crippen LogP contribution in [0.3, 0.4) is 0 Å². The minimum Gasteiger partial charge on any atom is -0.450 e. The topological polar surface area (TPSA) is 205 Å². The second-order valence-electron chi connectivity index (χ2n) is 27.2. The smallest absolute Gasteiger partial charge is 0.407 e. The molecule has 3 N–H and O–H groups in total. The van der Waals surface area contributed by atoms with E-state index < -0.39 is 0 Å². The van der Waals surface area contributed by atoms with Gasteiger partial charge in [-0.15, -0.1) is 0 Å². The number of amides is 3. The molecule has 6 aliphatic carbocycles. The summed E-state index contributed by atoms with van der Waals surface area (Å²) in [5, 5.41) is 13.3. The van der Waals surface area contributed by atoms with Gasteiger partial charge in [-0.3, -0.25) is 15.0 Å². The van der Waals surface area contributed by atoms with Gasteiger partial charge in [-0.2, -0.15) is 0 Å². The van der Waals surface area contributed by atoms with Crippen LogP contribution in [0.15, 0.2) is 169 Å². The minimum absolute atomic E-state index is 0.121. The third-order valence-corrected chi connectivity index (χ3v) is 22.8. The van der Waals surface area contributed by atoms with Crippen molar-refractivity contribution >= 4 is 59.6 Å². The first kappa shape index (κ1) is 70.8. The Morgan fingerprint density at radius 2 is 0.902 bits per heavy atom. The summed E-state index contributed by atoms with van der Waals surface area (Å²) in [6.07, 6.45) is 34.8. The van der Waals surface area contributed by atoms with Crippen LogP contribution < -0.4 is 16.0 Å². The highest BCUT2D eigenvalue weighted by Gasteiger charge is 2.44. The number of fused-ring (bicyclic) bond motifs is 6. The highest BCUT2D eigenvalue weighted by molar-refractivity contribution is 7.06. The van der Waals surface area contributed by atoms with Crippen molar-refractivity contribution in [2.75, 3.05) is 19.8 Å². The Bertz CT molecular complexity index is 3970. The van der Waals surface area contributed by atoms with Gasteiger partial charge in [0.25, 0.3) is 0 Å². The number of rotatable bonds is 15. The molecule has 12 atom stereocenters. The first-order valence-corrected chi connectivity index (χ1v) is 37.2. The Balaban J connectivity index is 0.000000137. The zero-order valence-electron chi connectivity index (χ0n) is 57.3.